The van der Waals surface area contributed by atoms with E-state index in [1.165, 1.54) is 10.9 Å². The first-order valence-corrected chi connectivity index (χ1v) is 7.63. The highest BCUT2D eigenvalue weighted by molar-refractivity contribution is 5.84. The molecule has 1 aromatic carbocycles. The predicted molar refractivity (Wildman–Crippen MR) is 82.8 cm³/mol. The molecular weight excluding hydrogens is 248 g/mol. The molecule has 1 saturated heterocycles. The summed E-state index contributed by atoms with van der Waals surface area (Å²) in [5.74, 6) is 0. The SMILES string of the molecule is CCCN1CCCC(O)(c2cccc3c2ccn3C)C1. The number of nitrogens with zero attached hydrogens (tertiary/aromatic N) is 2. The Hall–Kier alpha value is -1.32. The lowest BCUT2D eigenvalue weighted by atomic mass is 9.84. The molecule has 1 unspecified atom stereocenters. The Kier molecular flexibility index (Phi) is 3.57. The van der Waals surface area contributed by atoms with Gasteiger partial charge in [-0.3, -0.25) is 0 Å². The second-order valence-corrected chi connectivity index (χ2v) is 6.08. The van der Waals surface area contributed by atoms with E-state index in [1.807, 2.05) is 0 Å². The first-order chi connectivity index (χ1) is 9.64. The summed E-state index contributed by atoms with van der Waals surface area (Å²) < 4.78 is 2.12. The van der Waals surface area contributed by atoms with Gasteiger partial charge in [0.1, 0.15) is 5.60 Å². The maximum atomic E-state index is 11.2. The van der Waals surface area contributed by atoms with Crippen molar-refractivity contribution in [1.82, 2.24) is 9.47 Å². The number of hydrogen-bond donors (Lipinski definition) is 1. The van der Waals surface area contributed by atoms with Gasteiger partial charge in [0, 0.05) is 30.7 Å². The molecule has 2 aromatic rings. The lowest BCUT2D eigenvalue weighted by Gasteiger charge is -2.40. The maximum absolute atomic E-state index is 11.2. The van der Waals surface area contributed by atoms with E-state index in [9.17, 15) is 5.11 Å². The molecule has 1 fully saturated rings. The summed E-state index contributed by atoms with van der Waals surface area (Å²) in [4.78, 5) is 2.39. The number of aliphatic hydroxyl groups is 1. The number of likely N-dealkylation sites (tertiary alicyclic amines) is 1. The molecule has 0 spiro atoms. The number of hydrogen-bond acceptors (Lipinski definition) is 2. The molecule has 0 amide bonds. The molecule has 0 radical (unpaired) electrons. The molecule has 1 N–H and O–H groups in total. The third-order valence-electron chi connectivity index (χ3n) is 4.52. The first-order valence-electron chi connectivity index (χ1n) is 7.63. The van der Waals surface area contributed by atoms with E-state index < -0.39 is 5.60 Å². The van der Waals surface area contributed by atoms with Gasteiger partial charge < -0.3 is 14.6 Å². The van der Waals surface area contributed by atoms with Gasteiger partial charge in [-0.1, -0.05) is 19.1 Å². The Morgan fingerprint density at radius 3 is 2.95 bits per heavy atom. The zero-order valence-electron chi connectivity index (χ0n) is 12.5. The number of fused-ring (bicyclic) bond motifs is 1. The normalized spacial score (nSPS) is 24.4. The average Bonchev–Trinajstić information content (AvgIpc) is 2.81. The summed E-state index contributed by atoms with van der Waals surface area (Å²) in [7, 11) is 2.06. The van der Waals surface area contributed by atoms with Gasteiger partial charge in [0.25, 0.3) is 0 Å². The monoisotopic (exact) mass is 272 g/mol. The van der Waals surface area contributed by atoms with Crippen molar-refractivity contribution in [3.63, 3.8) is 0 Å². The number of piperidine rings is 1. The highest BCUT2D eigenvalue weighted by Gasteiger charge is 2.35. The number of aromatic nitrogens is 1. The lowest BCUT2D eigenvalue weighted by Crippen LogP contribution is -2.46. The van der Waals surface area contributed by atoms with Crippen molar-refractivity contribution in [2.45, 2.75) is 31.8 Å². The van der Waals surface area contributed by atoms with Crippen LogP contribution in [-0.4, -0.2) is 34.2 Å². The summed E-state index contributed by atoms with van der Waals surface area (Å²) in [6.07, 6.45) is 5.15. The smallest absolute Gasteiger partial charge is 0.103 e. The van der Waals surface area contributed by atoms with Crippen molar-refractivity contribution in [2.24, 2.45) is 7.05 Å². The van der Waals surface area contributed by atoms with Crippen LogP contribution in [0.15, 0.2) is 30.5 Å². The van der Waals surface area contributed by atoms with E-state index in [-0.39, 0.29) is 0 Å². The number of rotatable bonds is 3. The standard InChI is InChI=1S/C17H24N2O/c1-3-10-19-11-5-9-17(20,13-19)15-6-4-7-16-14(15)8-12-18(16)2/h4,6-8,12,20H,3,5,9-11,13H2,1-2H3. The highest BCUT2D eigenvalue weighted by Crippen LogP contribution is 2.36. The van der Waals surface area contributed by atoms with E-state index in [2.05, 4.69) is 53.9 Å². The van der Waals surface area contributed by atoms with E-state index >= 15 is 0 Å². The lowest BCUT2D eigenvalue weighted by molar-refractivity contribution is -0.0343. The van der Waals surface area contributed by atoms with E-state index in [1.54, 1.807) is 0 Å². The van der Waals surface area contributed by atoms with Gasteiger partial charge in [-0.05, 0) is 50.0 Å². The van der Waals surface area contributed by atoms with E-state index in [4.69, 9.17) is 0 Å². The van der Waals surface area contributed by atoms with Crippen molar-refractivity contribution in [3.05, 3.63) is 36.0 Å². The number of β-amino-alcohol motifs (C(OH)–C–C–N with tert-alkyl or cyclic N) is 1. The van der Waals surface area contributed by atoms with E-state index in [0.29, 0.717) is 0 Å². The fourth-order valence-electron chi connectivity index (χ4n) is 3.56. The largest absolute Gasteiger partial charge is 0.384 e. The minimum absolute atomic E-state index is 0.700. The summed E-state index contributed by atoms with van der Waals surface area (Å²) in [6, 6.07) is 8.41. The molecular formula is C17H24N2O. The van der Waals surface area contributed by atoms with Gasteiger partial charge >= 0.3 is 0 Å². The molecule has 1 aliphatic heterocycles. The maximum Gasteiger partial charge on any atom is 0.103 e. The van der Waals surface area contributed by atoms with Gasteiger partial charge in [-0.15, -0.1) is 0 Å². The quantitative estimate of drug-likeness (QED) is 0.930. The van der Waals surface area contributed by atoms with Crippen LogP contribution >= 0.6 is 0 Å². The van der Waals surface area contributed by atoms with Crippen LogP contribution in [0.1, 0.15) is 31.7 Å². The summed E-state index contributed by atoms with van der Waals surface area (Å²) in [5, 5.41) is 12.4. The fraction of sp³-hybridized carbons (Fsp3) is 0.529. The third kappa shape index (κ3) is 2.25. The molecule has 1 aliphatic rings. The minimum atomic E-state index is -0.700. The van der Waals surface area contributed by atoms with Crippen LogP contribution in [0.2, 0.25) is 0 Å². The molecule has 108 valence electrons. The Labute approximate surface area is 120 Å². The molecule has 3 heteroatoms. The van der Waals surface area contributed by atoms with Crippen LogP contribution in [0.5, 0.6) is 0 Å². The zero-order chi connectivity index (χ0) is 14.2. The summed E-state index contributed by atoms with van der Waals surface area (Å²) >= 11 is 0. The molecule has 0 bridgehead atoms. The van der Waals surface area contributed by atoms with Crippen molar-refractivity contribution >= 4 is 10.9 Å². The summed E-state index contributed by atoms with van der Waals surface area (Å²) in [5.41, 5.74) is 1.59. The molecule has 0 saturated carbocycles. The van der Waals surface area contributed by atoms with Crippen LogP contribution in [-0.2, 0) is 12.6 Å². The Morgan fingerprint density at radius 1 is 1.30 bits per heavy atom. The average molecular weight is 272 g/mol. The van der Waals surface area contributed by atoms with Crippen LogP contribution in [0.4, 0.5) is 0 Å². The van der Waals surface area contributed by atoms with Crippen molar-refractivity contribution in [2.75, 3.05) is 19.6 Å². The molecule has 1 aromatic heterocycles. The molecule has 20 heavy (non-hydrogen) atoms. The second-order valence-electron chi connectivity index (χ2n) is 6.08. The van der Waals surface area contributed by atoms with Gasteiger partial charge in [-0.25, -0.2) is 0 Å². The molecule has 3 nitrogen and oxygen atoms in total. The van der Waals surface area contributed by atoms with Crippen LogP contribution < -0.4 is 0 Å². The zero-order valence-corrected chi connectivity index (χ0v) is 12.5. The third-order valence-corrected chi connectivity index (χ3v) is 4.52. The molecule has 0 aliphatic carbocycles. The van der Waals surface area contributed by atoms with Gasteiger partial charge in [-0.2, -0.15) is 0 Å². The topological polar surface area (TPSA) is 28.4 Å². The number of aryl methyl sites for hydroxylation is 1. The Morgan fingerprint density at radius 2 is 2.15 bits per heavy atom. The van der Waals surface area contributed by atoms with Crippen molar-refractivity contribution in [3.8, 4) is 0 Å². The molecule has 3 rings (SSSR count). The fourth-order valence-corrected chi connectivity index (χ4v) is 3.56. The molecule has 2 heterocycles. The van der Waals surface area contributed by atoms with Crippen LogP contribution in [0.25, 0.3) is 10.9 Å². The Bertz CT molecular complexity index is 602. The first kappa shape index (κ1) is 13.7. The van der Waals surface area contributed by atoms with Gasteiger partial charge in [0.15, 0.2) is 0 Å². The Balaban J connectivity index is 2.00. The molecule has 1 atom stereocenters. The van der Waals surface area contributed by atoms with Gasteiger partial charge in [0.2, 0.25) is 0 Å². The van der Waals surface area contributed by atoms with Crippen molar-refractivity contribution in [1.29, 1.82) is 0 Å². The van der Waals surface area contributed by atoms with Crippen molar-refractivity contribution < 1.29 is 5.11 Å². The highest BCUT2D eigenvalue weighted by atomic mass is 16.3. The second kappa shape index (κ2) is 5.23. The predicted octanol–water partition coefficient (Wildman–Crippen LogP) is 2.87. The number of benzene rings is 1. The van der Waals surface area contributed by atoms with Crippen LogP contribution in [0.3, 0.4) is 0 Å². The minimum Gasteiger partial charge on any atom is -0.384 e. The van der Waals surface area contributed by atoms with E-state index in [0.717, 1.165) is 44.5 Å². The summed E-state index contributed by atoms with van der Waals surface area (Å²) in [6.45, 7) is 5.15. The van der Waals surface area contributed by atoms with Crippen LogP contribution in [0, 0.1) is 0 Å². The van der Waals surface area contributed by atoms with Gasteiger partial charge in [0.05, 0.1) is 0 Å².